The van der Waals surface area contributed by atoms with Crippen LogP contribution in [0.2, 0.25) is 0 Å². The average Bonchev–Trinajstić information content (AvgIpc) is 3.55. The van der Waals surface area contributed by atoms with E-state index in [0.717, 1.165) is 16.9 Å². The van der Waals surface area contributed by atoms with E-state index in [1.807, 2.05) is 30.3 Å². The van der Waals surface area contributed by atoms with Gasteiger partial charge in [0.15, 0.2) is 10.8 Å². The summed E-state index contributed by atoms with van der Waals surface area (Å²) in [6.07, 6.45) is 0. The van der Waals surface area contributed by atoms with Gasteiger partial charge < -0.3 is 21.0 Å². The number of aromatic nitrogens is 5. The van der Waals surface area contributed by atoms with Gasteiger partial charge in [0.2, 0.25) is 5.16 Å². The zero-order valence-electron chi connectivity index (χ0n) is 20.3. The van der Waals surface area contributed by atoms with Crippen molar-refractivity contribution in [3.05, 3.63) is 58.2 Å². The molecule has 2 aromatic heterocycles. The van der Waals surface area contributed by atoms with Crippen LogP contribution in [0.5, 0.6) is 0 Å². The fraction of sp³-hybridized carbons (Fsp3) is 0.273. The summed E-state index contributed by atoms with van der Waals surface area (Å²) in [4.78, 5) is 49.2. The van der Waals surface area contributed by atoms with Crippen LogP contribution >= 0.6 is 34.9 Å². The third-order valence-corrected chi connectivity index (χ3v) is 8.81. The molecular weight excluding hydrogens is 567 g/mol. The monoisotopic (exact) mass is 587 g/mol. The molecule has 202 valence electrons. The molecule has 17 heteroatoms. The van der Waals surface area contributed by atoms with E-state index in [0.29, 0.717) is 16.5 Å². The highest BCUT2D eigenvalue weighted by Crippen LogP contribution is 2.41. The lowest BCUT2D eigenvalue weighted by Gasteiger charge is -2.49. The van der Waals surface area contributed by atoms with Crippen molar-refractivity contribution in [3.8, 4) is 0 Å². The summed E-state index contributed by atoms with van der Waals surface area (Å²) < 4.78 is 1.48. The first-order chi connectivity index (χ1) is 18.8. The first kappa shape index (κ1) is 26.6. The fourth-order valence-electron chi connectivity index (χ4n) is 3.85. The van der Waals surface area contributed by atoms with Crippen molar-refractivity contribution in [1.82, 2.24) is 35.4 Å². The van der Waals surface area contributed by atoms with E-state index in [9.17, 15) is 19.5 Å². The van der Waals surface area contributed by atoms with Crippen molar-refractivity contribution in [2.24, 2.45) is 12.2 Å². The van der Waals surface area contributed by atoms with Gasteiger partial charge in [0, 0.05) is 23.9 Å². The number of nitrogens with one attached hydrogen (secondary N) is 1. The molecular formula is C22H21N9O5S3. The number of thioether (sulfide) groups is 2. The van der Waals surface area contributed by atoms with Gasteiger partial charge in [-0.05, 0) is 21.6 Å². The van der Waals surface area contributed by atoms with Crippen molar-refractivity contribution in [1.29, 1.82) is 0 Å². The number of hydrogen-bond acceptors (Lipinski definition) is 13. The number of aliphatic carboxylic acids is 1. The van der Waals surface area contributed by atoms with Gasteiger partial charge in [-0.2, -0.15) is 0 Å². The summed E-state index contributed by atoms with van der Waals surface area (Å²) in [5, 5.41) is 29.5. The summed E-state index contributed by atoms with van der Waals surface area (Å²) >= 11 is 3.76. The Hall–Kier alpha value is -3.96. The summed E-state index contributed by atoms with van der Waals surface area (Å²) in [5.41, 5.74) is 7.12. The molecule has 1 saturated heterocycles. The van der Waals surface area contributed by atoms with Gasteiger partial charge in [-0.25, -0.2) is 14.5 Å². The van der Waals surface area contributed by atoms with E-state index < -0.39 is 29.2 Å². The molecule has 0 saturated carbocycles. The Kier molecular flexibility index (Phi) is 7.80. The van der Waals surface area contributed by atoms with E-state index in [1.54, 1.807) is 12.4 Å². The smallest absolute Gasteiger partial charge is 0.352 e. The number of nitrogens with two attached hydrogens (primary N) is 1. The van der Waals surface area contributed by atoms with Gasteiger partial charge in [-0.15, -0.1) is 28.2 Å². The standard InChI is InChI=1S/C22H21N9O5S3/c1-30-22(26-28-29-30)39-9-12-8-37-19-15(18(33)31(19)16(12)20(34)35)25-17(32)14(13-10-38-21(23)24-13)27-36-7-11-5-3-2-4-6-11/h2-6,10,15,19H,7-9H2,1H3,(H2,23,24)(H,25,32)(H,34,35)/t15?,19-/m0/s1. The Labute approximate surface area is 233 Å². The number of fused-ring (bicyclic) bond motifs is 1. The van der Waals surface area contributed by atoms with Gasteiger partial charge in [0.25, 0.3) is 11.8 Å². The molecule has 4 heterocycles. The molecule has 1 fully saturated rings. The van der Waals surface area contributed by atoms with E-state index in [1.165, 1.54) is 33.1 Å². The predicted molar refractivity (Wildman–Crippen MR) is 144 cm³/mol. The molecule has 3 aromatic rings. The van der Waals surface area contributed by atoms with Crippen molar-refractivity contribution in [3.63, 3.8) is 0 Å². The Morgan fingerprint density at radius 2 is 2.13 bits per heavy atom. The number of nitrogen functional groups attached to an aromatic ring is 1. The number of amides is 2. The second-order valence-corrected chi connectivity index (χ2v) is 11.2. The molecule has 0 radical (unpaired) electrons. The van der Waals surface area contributed by atoms with Crippen LogP contribution in [0.3, 0.4) is 0 Å². The van der Waals surface area contributed by atoms with Crippen LogP contribution in [0, 0.1) is 0 Å². The number of carbonyl (C=O) groups is 3. The number of oxime groups is 1. The summed E-state index contributed by atoms with van der Waals surface area (Å²) in [6.45, 7) is 0.115. The van der Waals surface area contributed by atoms with Gasteiger partial charge in [-0.1, -0.05) is 47.2 Å². The number of carboxylic acid groups (broad SMARTS) is 1. The summed E-state index contributed by atoms with van der Waals surface area (Å²) in [6, 6.07) is 8.32. The number of hydrogen-bond donors (Lipinski definition) is 3. The van der Waals surface area contributed by atoms with Crippen molar-refractivity contribution in [2.75, 3.05) is 17.2 Å². The Bertz CT molecular complexity index is 1470. The number of thiazole rings is 1. The Morgan fingerprint density at radius 3 is 2.79 bits per heavy atom. The second-order valence-electron chi connectivity index (χ2n) is 8.26. The zero-order valence-corrected chi connectivity index (χ0v) is 22.7. The molecule has 0 aliphatic carbocycles. The largest absolute Gasteiger partial charge is 0.477 e. The van der Waals surface area contributed by atoms with Crippen LogP contribution in [0.15, 0.2) is 57.3 Å². The SMILES string of the molecule is Cn1nnnc1SCC1=C(C(=O)O)N2C(=O)C(NC(=O)C(=NOCc3ccccc3)c3csc(N)n3)[C@@H]2SC1. The number of benzene rings is 1. The number of carboxylic acids is 1. The molecule has 2 aliphatic heterocycles. The molecule has 2 atom stereocenters. The number of β-lactam (4-membered cyclic amide) rings is 1. The van der Waals surface area contributed by atoms with Crippen LogP contribution in [-0.4, -0.2) is 81.6 Å². The third kappa shape index (κ3) is 5.59. The van der Waals surface area contributed by atoms with Crippen LogP contribution in [0.1, 0.15) is 11.3 Å². The first-order valence-electron chi connectivity index (χ1n) is 11.3. The average molecular weight is 588 g/mol. The van der Waals surface area contributed by atoms with E-state index >= 15 is 0 Å². The lowest BCUT2D eigenvalue weighted by Crippen LogP contribution is -2.71. The minimum Gasteiger partial charge on any atom is -0.477 e. The lowest BCUT2D eigenvalue weighted by molar-refractivity contribution is -0.150. The second kappa shape index (κ2) is 11.4. The number of aryl methyl sites for hydroxylation is 1. The summed E-state index contributed by atoms with van der Waals surface area (Å²) in [5.74, 6) is -1.81. The molecule has 2 amide bonds. The molecule has 1 aromatic carbocycles. The minimum absolute atomic E-state index is 0.0933. The maximum absolute atomic E-state index is 13.2. The van der Waals surface area contributed by atoms with Gasteiger partial charge >= 0.3 is 5.97 Å². The number of tetrazole rings is 1. The van der Waals surface area contributed by atoms with Crippen molar-refractivity contribution >= 4 is 63.5 Å². The Morgan fingerprint density at radius 1 is 1.33 bits per heavy atom. The first-order valence-corrected chi connectivity index (χ1v) is 14.3. The molecule has 1 unspecified atom stereocenters. The van der Waals surface area contributed by atoms with E-state index in [2.05, 4.69) is 31.0 Å². The van der Waals surface area contributed by atoms with Gasteiger partial charge in [-0.3, -0.25) is 14.5 Å². The normalized spacial score (nSPS) is 18.9. The van der Waals surface area contributed by atoms with Gasteiger partial charge in [0.1, 0.15) is 29.4 Å². The zero-order chi connectivity index (χ0) is 27.5. The van der Waals surface area contributed by atoms with Crippen LogP contribution in [0.4, 0.5) is 5.13 Å². The van der Waals surface area contributed by atoms with E-state index in [4.69, 9.17) is 10.6 Å². The third-order valence-electron chi connectivity index (χ3n) is 5.70. The highest BCUT2D eigenvalue weighted by molar-refractivity contribution is 8.01. The topological polar surface area (TPSA) is 191 Å². The maximum atomic E-state index is 13.2. The molecule has 0 spiro atoms. The highest BCUT2D eigenvalue weighted by Gasteiger charge is 2.54. The van der Waals surface area contributed by atoms with Crippen LogP contribution in [0.25, 0.3) is 0 Å². The number of anilines is 1. The molecule has 2 aliphatic rings. The van der Waals surface area contributed by atoms with Gasteiger partial charge in [0.05, 0.1) is 0 Å². The lowest BCUT2D eigenvalue weighted by atomic mass is 10.0. The molecule has 5 rings (SSSR count). The molecule has 39 heavy (non-hydrogen) atoms. The fourth-order valence-corrected chi connectivity index (χ4v) is 6.73. The quantitative estimate of drug-likeness (QED) is 0.130. The number of nitrogens with zero attached hydrogens (tertiary/aromatic N) is 7. The van der Waals surface area contributed by atoms with E-state index in [-0.39, 0.29) is 34.6 Å². The number of carbonyl (C=O) groups excluding carboxylic acids is 2. The minimum atomic E-state index is -1.22. The number of rotatable bonds is 10. The molecule has 4 N–H and O–H groups in total. The molecule has 0 bridgehead atoms. The van der Waals surface area contributed by atoms with Crippen LogP contribution < -0.4 is 11.1 Å². The Balaban J connectivity index is 1.30. The maximum Gasteiger partial charge on any atom is 0.352 e. The van der Waals surface area contributed by atoms with Crippen LogP contribution in [-0.2, 0) is 32.9 Å². The van der Waals surface area contributed by atoms with Crippen molar-refractivity contribution in [2.45, 2.75) is 23.2 Å². The summed E-state index contributed by atoms with van der Waals surface area (Å²) in [7, 11) is 1.68. The highest BCUT2D eigenvalue weighted by atomic mass is 32.2. The molecule has 14 nitrogen and oxygen atoms in total. The predicted octanol–water partition coefficient (Wildman–Crippen LogP) is 0.701. The van der Waals surface area contributed by atoms with Crippen molar-refractivity contribution < 1.29 is 24.3 Å².